The van der Waals surface area contributed by atoms with Crippen LogP contribution in [0.25, 0.3) is 0 Å². The molecule has 0 aliphatic carbocycles. The Morgan fingerprint density at radius 3 is 2.10 bits per heavy atom. The van der Waals surface area contributed by atoms with Crippen molar-refractivity contribution in [2.45, 2.75) is 6.54 Å². The van der Waals surface area contributed by atoms with Crippen LogP contribution in [0.4, 0.5) is 0 Å². The van der Waals surface area contributed by atoms with Gasteiger partial charge in [0.05, 0.1) is 6.26 Å². The van der Waals surface area contributed by atoms with E-state index in [2.05, 4.69) is 0 Å². The molecular weight excluding hydrogens is 314 g/mol. The Balaban J connectivity index is 0.00000220. The first-order valence-electron chi connectivity index (χ1n) is 6.45. The maximum Gasteiger partial charge on any atom is 0.253 e. The number of piperazine rings is 1. The molecule has 0 unspecified atom stereocenters. The van der Waals surface area contributed by atoms with Gasteiger partial charge >= 0.3 is 0 Å². The number of hydrogen-bond acceptors (Lipinski definition) is 4. The highest BCUT2D eigenvalue weighted by Gasteiger charge is 2.26. The third-order valence-corrected chi connectivity index (χ3v) is 4.73. The third kappa shape index (κ3) is 4.41. The van der Waals surface area contributed by atoms with E-state index in [0.29, 0.717) is 38.3 Å². The van der Waals surface area contributed by atoms with E-state index in [1.165, 1.54) is 10.6 Å². The molecule has 1 heterocycles. The normalized spacial score (nSPS) is 16.4. The monoisotopic (exact) mass is 333 g/mol. The minimum atomic E-state index is -3.17. The number of sulfonamides is 1. The second kappa shape index (κ2) is 7.22. The van der Waals surface area contributed by atoms with Gasteiger partial charge < -0.3 is 10.6 Å². The van der Waals surface area contributed by atoms with Crippen molar-refractivity contribution in [1.29, 1.82) is 0 Å². The van der Waals surface area contributed by atoms with Crippen LogP contribution in [-0.4, -0.2) is 56.0 Å². The van der Waals surface area contributed by atoms with Crippen molar-refractivity contribution >= 4 is 28.3 Å². The van der Waals surface area contributed by atoms with Crippen molar-refractivity contribution in [3.8, 4) is 0 Å². The molecule has 2 N–H and O–H groups in total. The maximum absolute atomic E-state index is 12.3. The average Bonchev–Trinajstić information content (AvgIpc) is 2.46. The molecule has 0 radical (unpaired) electrons. The minimum absolute atomic E-state index is 0. The van der Waals surface area contributed by atoms with Gasteiger partial charge in [0.1, 0.15) is 0 Å². The standard InChI is InChI=1S/C13H19N3O3S.ClH/c1-20(18,19)16-8-6-15(7-9-16)13(17)12-4-2-11(10-14)3-5-12;/h2-5H,6-10,14H2,1H3;1H. The van der Waals surface area contributed by atoms with E-state index < -0.39 is 10.0 Å². The number of carbonyl (C=O) groups excluding carboxylic acids is 1. The molecular formula is C13H20ClN3O3S. The van der Waals surface area contributed by atoms with Crippen LogP contribution < -0.4 is 5.73 Å². The number of rotatable bonds is 3. The summed E-state index contributed by atoms with van der Waals surface area (Å²) in [7, 11) is -3.17. The van der Waals surface area contributed by atoms with Crippen molar-refractivity contribution in [3.63, 3.8) is 0 Å². The van der Waals surface area contributed by atoms with Gasteiger partial charge in [-0.2, -0.15) is 4.31 Å². The molecule has 0 spiro atoms. The van der Waals surface area contributed by atoms with Crippen molar-refractivity contribution in [2.24, 2.45) is 5.73 Å². The van der Waals surface area contributed by atoms with Crippen molar-refractivity contribution < 1.29 is 13.2 Å². The second-order valence-corrected chi connectivity index (χ2v) is 6.84. The van der Waals surface area contributed by atoms with Gasteiger partial charge in [-0.15, -0.1) is 12.4 Å². The molecule has 1 aliphatic rings. The first kappa shape index (κ1) is 17.9. The van der Waals surface area contributed by atoms with Crippen LogP contribution >= 0.6 is 12.4 Å². The summed E-state index contributed by atoms with van der Waals surface area (Å²) >= 11 is 0. The Hall–Kier alpha value is -1.15. The number of nitrogens with two attached hydrogens (primary N) is 1. The fourth-order valence-electron chi connectivity index (χ4n) is 2.19. The number of benzene rings is 1. The van der Waals surface area contributed by atoms with Gasteiger partial charge in [-0.1, -0.05) is 12.1 Å². The van der Waals surface area contributed by atoms with E-state index in [1.807, 2.05) is 12.1 Å². The summed E-state index contributed by atoms with van der Waals surface area (Å²) in [6.07, 6.45) is 1.19. The maximum atomic E-state index is 12.3. The van der Waals surface area contributed by atoms with E-state index >= 15 is 0 Å². The molecule has 0 aromatic heterocycles. The molecule has 1 fully saturated rings. The summed E-state index contributed by atoms with van der Waals surface area (Å²) in [5.74, 6) is -0.0678. The first-order valence-corrected chi connectivity index (χ1v) is 8.30. The topological polar surface area (TPSA) is 83.7 Å². The summed E-state index contributed by atoms with van der Waals surface area (Å²) in [6.45, 7) is 1.99. The number of amides is 1. The van der Waals surface area contributed by atoms with Crippen LogP contribution in [0.3, 0.4) is 0 Å². The van der Waals surface area contributed by atoms with Crippen molar-refractivity contribution in [1.82, 2.24) is 9.21 Å². The van der Waals surface area contributed by atoms with Crippen LogP contribution in [0, 0.1) is 0 Å². The lowest BCUT2D eigenvalue weighted by Crippen LogP contribution is -2.50. The van der Waals surface area contributed by atoms with Crippen LogP contribution in [0.1, 0.15) is 15.9 Å². The Bertz CT molecular complexity index is 581. The van der Waals surface area contributed by atoms with E-state index in [9.17, 15) is 13.2 Å². The molecule has 118 valence electrons. The highest BCUT2D eigenvalue weighted by molar-refractivity contribution is 7.88. The third-order valence-electron chi connectivity index (χ3n) is 3.43. The zero-order chi connectivity index (χ0) is 14.8. The fraction of sp³-hybridized carbons (Fsp3) is 0.462. The minimum Gasteiger partial charge on any atom is -0.336 e. The lowest BCUT2D eigenvalue weighted by molar-refractivity contribution is 0.0698. The highest BCUT2D eigenvalue weighted by atomic mass is 35.5. The predicted molar refractivity (Wildman–Crippen MR) is 83.9 cm³/mol. The number of carbonyl (C=O) groups is 1. The van der Waals surface area contributed by atoms with Gasteiger partial charge in [-0.3, -0.25) is 4.79 Å². The fourth-order valence-corrected chi connectivity index (χ4v) is 3.02. The smallest absolute Gasteiger partial charge is 0.253 e. The van der Waals surface area contributed by atoms with E-state index in [0.717, 1.165) is 5.56 Å². The van der Waals surface area contributed by atoms with Crippen LogP contribution in [0.5, 0.6) is 0 Å². The summed E-state index contributed by atoms with van der Waals surface area (Å²) in [5, 5.41) is 0. The molecule has 0 atom stereocenters. The average molecular weight is 334 g/mol. The SMILES string of the molecule is CS(=O)(=O)N1CCN(C(=O)c2ccc(CN)cc2)CC1.Cl. The van der Waals surface area contributed by atoms with Gasteiger partial charge in [0.2, 0.25) is 10.0 Å². The second-order valence-electron chi connectivity index (χ2n) is 4.86. The quantitative estimate of drug-likeness (QED) is 0.861. The lowest BCUT2D eigenvalue weighted by atomic mass is 10.1. The Kier molecular flexibility index (Phi) is 6.15. The Morgan fingerprint density at radius 2 is 1.67 bits per heavy atom. The van der Waals surface area contributed by atoms with Gasteiger partial charge in [0.15, 0.2) is 0 Å². The summed E-state index contributed by atoms with van der Waals surface area (Å²) < 4.78 is 24.2. The van der Waals surface area contributed by atoms with Crippen LogP contribution in [-0.2, 0) is 16.6 Å². The van der Waals surface area contributed by atoms with Gasteiger partial charge in [-0.05, 0) is 17.7 Å². The molecule has 6 nitrogen and oxygen atoms in total. The zero-order valence-corrected chi connectivity index (χ0v) is 13.5. The Labute approximate surface area is 131 Å². The largest absolute Gasteiger partial charge is 0.336 e. The van der Waals surface area contributed by atoms with E-state index in [1.54, 1.807) is 17.0 Å². The first-order chi connectivity index (χ1) is 9.41. The molecule has 0 bridgehead atoms. The van der Waals surface area contributed by atoms with Gasteiger partial charge in [0, 0.05) is 38.3 Å². The molecule has 8 heteroatoms. The predicted octanol–water partition coefficient (Wildman–Crippen LogP) is 0.285. The summed E-state index contributed by atoms with van der Waals surface area (Å²) in [6, 6.07) is 7.18. The molecule has 21 heavy (non-hydrogen) atoms. The molecule has 2 rings (SSSR count). The van der Waals surface area contributed by atoms with Crippen molar-refractivity contribution in [2.75, 3.05) is 32.4 Å². The zero-order valence-electron chi connectivity index (χ0n) is 11.9. The van der Waals surface area contributed by atoms with Gasteiger partial charge in [-0.25, -0.2) is 8.42 Å². The summed E-state index contributed by atoms with van der Waals surface area (Å²) in [5.41, 5.74) is 7.10. The summed E-state index contributed by atoms with van der Waals surface area (Å²) in [4.78, 5) is 14.0. The van der Waals surface area contributed by atoms with Crippen molar-refractivity contribution in [3.05, 3.63) is 35.4 Å². The van der Waals surface area contributed by atoms with Crippen LogP contribution in [0.15, 0.2) is 24.3 Å². The Morgan fingerprint density at radius 1 is 1.14 bits per heavy atom. The molecule has 0 saturated carbocycles. The lowest BCUT2D eigenvalue weighted by Gasteiger charge is -2.33. The van der Waals surface area contributed by atoms with Crippen LogP contribution in [0.2, 0.25) is 0 Å². The highest BCUT2D eigenvalue weighted by Crippen LogP contribution is 2.11. The number of halogens is 1. The molecule has 1 saturated heterocycles. The van der Waals surface area contributed by atoms with Gasteiger partial charge in [0.25, 0.3) is 5.91 Å². The number of hydrogen-bond donors (Lipinski definition) is 1. The molecule has 1 aromatic carbocycles. The molecule has 1 aromatic rings. The van der Waals surface area contributed by atoms with E-state index in [4.69, 9.17) is 5.73 Å². The van der Waals surface area contributed by atoms with E-state index in [-0.39, 0.29) is 18.3 Å². The number of nitrogens with zero attached hydrogens (tertiary/aromatic N) is 2. The molecule has 1 amide bonds. The molecule has 1 aliphatic heterocycles.